The van der Waals surface area contributed by atoms with Gasteiger partial charge in [0.2, 0.25) is 0 Å². The average molecular weight is 359 g/mol. The largest absolute Gasteiger partial charge is 0.487 e. The Morgan fingerprint density at radius 2 is 1.84 bits per heavy atom. The van der Waals surface area contributed by atoms with Crippen LogP contribution in [-0.4, -0.2) is 33.6 Å². The van der Waals surface area contributed by atoms with Gasteiger partial charge in [0.05, 0.1) is 11.3 Å². The molecule has 0 aliphatic heterocycles. The Balaban J connectivity index is 0.00000225. The molecule has 1 heterocycles. The van der Waals surface area contributed by atoms with Gasteiger partial charge in [0.1, 0.15) is 18.1 Å². The minimum atomic E-state index is -1.08. The van der Waals surface area contributed by atoms with Gasteiger partial charge in [-0.25, -0.2) is 4.79 Å². The second-order valence-corrected chi connectivity index (χ2v) is 5.08. The first-order chi connectivity index (χ1) is 11.7. The number of carboxylic acid groups (broad SMARTS) is 1. The van der Waals surface area contributed by atoms with Gasteiger partial charge in [0.25, 0.3) is 0 Å². The number of aromatic carboxylic acids is 1. The van der Waals surface area contributed by atoms with E-state index in [-0.39, 0.29) is 36.0 Å². The number of hydrogen-bond acceptors (Lipinski definition) is 5. The highest BCUT2D eigenvalue weighted by Crippen LogP contribution is 2.20. The number of aromatic nitrogens is 1. The Bertz CT molecular complexity index is 928. The normalized spacial score (nSPS) is 11.0. The highest BCUT2D eigenvalue weighted by atomic mass is 35.5. The van der Waals surface area contributed by atoms with E-state index in [1.165, 1.54) is 18.3 Å². The first-order valence-corrected chi connectivity index (χ1v) is 7.19. The number of fused-ring (bicyclic) bond motifs is 1. The predicted octanol–water partition coefficient (Wildman–Crippen LogP) is 3.61. The zero-order chi connectivity index (χ0) is 16.9. The number of ether oxygens (including phenoxy) is 1. The van der Waals surface area contributed by atoms with E-state index in [2.05, 4.69) is 10.1 Å². The quantitative estimate of drug-likeness (QED) is 0.413. The maximum absolute atomic E-state index is 11.0. The lowest BCUT2D eigenvalue weighted by Gasteiger charge is -2.09. The topological polar surface area (TPSA) is 92.0 Å². The minimum Gasteiger partial charge on any atom is -0.487 e. The van der Waals surface area contributed by atoms with Crippen LogP contribution in [0.2, 0.25) is 0 Å². The van der Waals surface area contributed by atoms with Crippen molar-refractivity contribution in [2.24, 2.45) is 5.16 Å². The number of nitrogens with zero attached hydrogens (tertiary/aromatic N) is 2. The lowest BCUT2D eigenvalue weighted by Crippen LogP contribution is -2.15. The summed E-state index contributed by atoms with van der Waals surface area (Å²) in [5.41, 5.74) is 0.455. The van der Waals surface area contributed by atoms with Crippen LogP contribution in [0.1, 0.15) is 16.1 Å². The number of oxime groups is 1. The van der Waals surface area contributed by atoms with E-state index in [0.29, 0.717) is 5.75 Å². The smallest absolute Gasteiger partial charge is 0.335 e. The molecule has 2 N–H and O–H groups in total. The van der Waals surface area contributed by atoms with Gasteiger partial charge in [-0.05, 0) is 35.0 Å². The molecule has 6 nitrogen and oxygen atoms in total. The van der Waals surface area contributed by atoms with E-state index in [9.17, 15) is 10.0 Å². The standard InChI is InChI=1S/C18H14N2O4.ClH/c21-18(22)14-7-8-19-16(10-14)17(20-23)11-24-15-6-5-12-3-1-2-4-13(12)9-15;/h1-10,23H,11H2,(H,21,22);1H/b20-17+;. The molecule has 0 aliphatic carbocycles. The summed E-state index contributed by atoms with van der Waals surface area (Å²) in [6, 6.07) is 16.2. The fraction of sp³-hybridized carbons (Fsp3) is 0.0556. The summed E-state index contributed by atoms with van der Waals surface area (Å²) < 4.78 is 5.64. The van der Waals surface area contributed by atoms with Gasteiger partial charge in [0, 0.05) is 6.20 Å². The maximum Gasteiger partial charge on any atom is 0.335 e. The molecule has 128 valence electrons. The third kappa shape index (κ3) is 4.24. The minimum absolute atomic E-state index is 0. The fourth-order valence-corrected chi connectivity index (χ4v) is 2.28. The molecule has 25 heavy (non-hydrogen) atoms. The molecule has 3 rings (SSSR count). The number of hydrogen-bond donors (Lipinski definition) is 2. The van der Waals surface area contributed by atoms with Crippen molar-refractivity contribution in [3.05, 3.63) is 72.1 Å². The van der Waals surface area contributed by atoms with Crippen LogP contribution in [0, 0.1) is 0 Å². The van der Waals surface area contributed by atoms with Crippen LogP contribution in [0.25, 0.3) is 10.8 Å². The Labute approximate surface area is 149 Å². The van der Waals surface area contributed by atoms with Gasteiger partial charge >= 0.3 is 5.97 Å². The van der Waals surface area contributed by atoms with Crippen molar-refractivity contribution in [3.63, 3.8) is 0 Å². The Morgan fingerprint density at radius 3 is 2.56 bits per heavy atom. The average Bonchev–Trinajstić information content (AvgIpc) is 2.62. The zero-order valence-electron chi connectivity index (χ0n) is 13.0. The van der Waals surface area contributed by atoms with E-state index < -0.39 is 5.97 Å². The molecular formula is C18H15ClN2O4. The molecule has 0 saturated carbocycles. The summed E-state index contributed by atoms with van der Waals surface area (Å²) in [5.74, 6) is -0.462. The molecule has 0 fully saturated rings. The summed E-state index contributed by atoms with van der Waals surface area (Å²) in [6.45, 7) is -0.0368. The van der Waals surface area contributed by atoms with Crippen molar-refractivity contribution >= 4 is 34.9 Å². The van der Waals surface area contributed by atoms with Crippen molar-refractivity contribution < 1.29 is 19.8 Å². The van der Waals surface area contributed by atoms with E-state index in [1.54, 1.807) is 0 Å². The first-order valence-electron chi connectivity index (χ1n) is 7.19. The third-order valence-electron chi connectivity index (χ3n) is 3.52. The molecule has 1 aromatic heterocycles. The summed E-state index contributed by atoms with van der Waals surface area (Å²) in [6.07, 6.45) is 1.35. The number of carboxylic acids is 1. The summed E-state index contributed by atoms with van der Waals surface area (Å²) in [4.78, 5) is 15.0. The molecule has 0 spiro atoms. The molecule has 0 radical (unpaired) electrons. The maximum atomic E-state index is 11.0. The monoisotopic (exact) mass is 358 g/mol. The first kappa shape index (κ1) is 18.2. The van der Waals surface area contributed by atoms with Gasteiger partial charge in [0.15, 0.2) is 0 Å². The van der Waals surface area contributed by atoms with Crippen LogP contribution in [0.3, 0.4) is 0 Å². The highest BCUT2D eigenvalue weighted by Gasteiger charge is 2.11. The van der Waals surface area contributed by atoms with Crippen molar-refractivity contribution in [2.75, 3.05) is 6.61 Å². The Morgan fingerprint density at radius 1 is 1.08 bits per heavy atom. The van der Waals surface area contributed by atoms with Crippen LogP contribution in [-0.2, 0) is 0 Å². The van der Waals surface area contributed by atoms with Crippen LogP contribution in [0.15, 0.2) is 65.9 Å². The van der Waals surface area contributed by atoms with Crippen molar-refractivity contribution in [2.45, 2.75) is 0 Å². The van der Waals surface area contributed by atoms with Crippen LogP contribution >= 0.6 is 12.4 Å². The number of pyridine rings is 1. The molecule has 3 aromatic rings. The molecule has 0 atom stereocenters. The summed E-state index contributed by atoms with van der Waals surface area (Å²) in [7, 11) is 0. The van der Waals surface area contributed by atoms with Crippen LogP contribution < -0.4 is 4.74 Å². The molecule has 0 unspecified atom stereocenters. The molecule has 0 saturated heterocycles. The number of carbonyl (C=O) groups is 1. The second-order valence-electron chi connectivity index (χ2n) is 5.08. The van der Waals surface area contributed by atoms with Gasteiger partial charge in [-0.15, -0.1) is 12.4 Å². The molecular weight excluding hydrogens is 344 g/mol. The van der Waals surface area contributed by atoms with Gasteiger partial charge in [-0.2, -0.15) is 0 Å². The second kappa shape index (κ2) is 8.12. The molecule has 7 heteroatoms. The SMILES string of the molecule is Cl.O=C(O)c1ccnc(/C(COc2ccc3ccccc3c2)=N/O)c1. The van der Waals surface area contributed by atoms with Crippen molar-refractivity contribution in [1.82, 2.24) is 4.98 Å². The van der Waals surface area contributed by atoms with Gasteiger partial charge < -0.3 is 15.1 Å². The number of benzene rings is 2. The third-order valence-corrected chi connectivity index (χ3v) is 3.52. The van der Waals surface area contributed by atoms with E-state index in [4.69, 9.17) is 9.84 Å². The molecule has 0 bridgehead atoms. The fourth-order valence-electron chi connectivity index (χ4n) is 2.28. The summed E-state index contributed by atoms with van der Waals surface area (Å²) in [5, 5.41) is 23.5. The van der Waals surface area contributed by atoms with E-state index >= 15 is 0 Å². The van der Waals surface area contributed by atoms with Crippen molar-refractivity contribution in [3.8, 4) is 5.75 Å². The number of rotatable bonds is 5. The molecule has 0 aliphatic rings. The predicted molar refractivity (Wildman–Crippen MR) is 96.2 cm³/mol. The lowest BCUT2D eigenvalue weighted by molar-refractivity contribution is 0.0696. The van der Waals surface area contributed by atoms with Gasteiger partial charge in [-0.1, -0.05) is 35.5 Å². The van der Waals surface area contributed by atoms with E-state index in [0.717, 1.165) is 10.8 Å². The van der Waals surface area contributed by atoms with E-state index in [1.807, 2.05) is 42.5 Å². The number of halogens is 1. The molecule has 2 aromatic carbocycles. The Hall–Kier alpha value is -3.12. The van der Waals surface area contributed by atoms with Crippen LogP contribution in [0.5, 0.6) is 5.75 Å². The van der Waals surface area contributed by atoms with Crippen molar-refractivity contribution in [1.29, 1.82) is 0 Å². The zero-order valence-corrected chi connectivity index (χ0v) is 13.8. The summed E-state index contributed by atoms with van der Waals surface area (Å²) >= 11 is 0. The lowest BCUT2D eigenvalue weighted by atomic mass is 10.1. The van der Waals surface area contributed by atoms with Crippen LogP contribution in [0.4, 0.5) is 0 Å². The highest BCUT2D eigenvalue weighted by molar-refractivity contribution is 6.01. The Kier molecular flexibility index (Phi) is 5.92. The molecule has 0 amide bonds. The van der Waals surface area contributed by atoms with Gasteiger partial charge in [-0.3, -0.25) is 4.98 Å².